The van der Waals surface area contributed by atoms with E-state index >= 15 is 0 Å². The molecule has 0 amide bonds. The van der Waals surface area contributed by atoms with Crippen molar-refractivity contribution in [3.63, 3.8) is 0 Å². The van der Waals surface area contributed by atoms with Crippen LogP contribution in [0.15, 0.2) is 52.3 Å². The summed E-state index contributed by atoms with van der Waals surface area (Å²) < 4.78 is 20.3. The summed E-state index contributed by atoms with van der Waals surface area (Å²) in [4.78, 5) is 17.5. The van der Waals surface area contributed by atoms with Crippen molar-refractivity contribution in [2.75, 3.05) is 18.7 Å². The molecule has 0 radical (unpaired) electrons. The number of aromatic nitrogens is 2. The van der Waals surface area contributed by atoms with Crippen molar-refractivity contribution in [2.24, 2.45) is 0 Å². The van der Waals surface area contributed by atoms with Crippen molar-refractivity contribution in [1.82, 2.24) is 9.55 Å². The highest BCUT2D eigenvalue weighted by Gasteiger charge is 2.12. The number of nitrogens with zero attached hydrogens (tertiary/aromatic N) is 2. The normalized spacial score (nSPS) is 10.8. The van der Waals surface area contributed by atoms with Gasteiger partial charge in [0.2, 0.25) is 11.7 Å². The Morgan fingerprint density at radius 1 is 1.32 bits per heavy atom. The van der Waals surface area contributed by atoms with Crippen LogP contribution in [0, 0.1) is 12.7 Å². The first-order chi connectivity index (χ1) is 13.4. The Morgan fingerprint density at radius 2 is 2.11 bits per heavy atom. The molecule has 3 aromatic rings. The summed E-state index contributed by atoms with van der Waals surface area (Å²) in [5, 5.41) is 3.27. The maximum absolute atomic E-state index is 13.5. The Morgan fingerprint density at radius 3 is 2.79 bits per heavy atom. The minimum atomic E-state index is -0.483. The predicted octanol–water partition coefficient (Wildman–Crippen LogP) is 4.87. The molecule has 8 heteroatoms. The molecule has 0 saturated heterocycles. The van der Waals surface area contributed by atoms with Crippen molar-refractivity contribution < 1.29 is 9.13 Å². The third kappa shape index (κ3) is 4.31. The van der Waals surface area contributed by atoms with Crippen LogP contribution in [0.4, 0.5) is 16.0 Å². The number of hydrogen-bond donors (Lipinski definition) is 1. The molecule has 0 fully saturated rings. The second-order valence-electron chi connectivity index (χ2n) is 6.07. The van der Waals surface area contributed by atoms with E-state index < -0.39 is 11.4 Å². The maximum atomic E-state index is 13.5. The lowest BCUT2D eigenvalue weighted by Crippen LogP contribution is -2.19. The zero-order valence-corrected chi connectivity index (χ0v) is 17.2. The van der Waals surface area contributed by atoms with Crippen molar-refractivity contribution in [3.8, 4) is 5.75 Å². The van der Waals surface area contributed by atoms with Crippen molar-refractivity contribution in [2.45, 2.75) is 18.4 Å². The van der Waals surface area contributed by atoms with Crippen molar-refractivity contribution in [1.29, 1.82) is 0 Å². The highest BCUT2D eigenvalue weighted by Crippen LogP contribution is 2.28. The van der Waals surface area contributed by atoms with E-state index in [0.29, 0.717) is 12.5 Å². The van der Waals surface area contributed by atoms with Crippen LogP contribution in [0.1, 0.15) is 11.1 Å². The topological polar surface area (TPSA) is 56.1 Å². The zero-order valence-electron chi connectivity index (χ0n) is 15.6. The average molecular weight is 420 g/mol. The van der Waals surface area contributed by atoms with Crippen LogP contribution in [-0.2, 0) is 6.54 Å². The van der Waals surface area contributed by atoms with Gasteiger partial charge in [-0.15, -0.1) is 11.8 Å². The van der Waals surface area contributed by atoms with Crippen LogP contribution < -0.4 is 15.6 Å². The number of halogens is 2. The Kier molecular flexibility index (Phi) is 6.26. The van der Waals surface area contributed by atoms with Crippen LogP contribution in [0.5, 0.6) is 5.75 Å². The molecule has 0 atom stereocenters. The lowest BCUT2D eigenvalue weighted by Gasteiger charge is -2.17. The summed E-state index contributed by atoms with van der Waals surface area (Å²) in [6.45, 7) is 2.33. The summed E-state index contributed by atoms with van der Waals surface area (Å²) >= 11 is 7.54. The number of rotatable bonds is 6. The molecule has 0 spiro atoms. The van der Waals surface area contributed by atoms with E-state index in [4.69, 9.17) is 16.3 Å². The average Bonchev–Trinajstić information content (AvgIpc) is 2.68. The van der Waals surface area contributed by atoms with E-state index in [2.05, 4.69) is 10.3 Å². The number of nitrogens with one attached hydrogen (secondary N) is 1. The molecule has 0 aliphatic rings. The molecular formula is C20H19ClFN3O2S. The van der Waals surface area contributed by atoms with Gasteiger partial charge in [-0.1, -0.05) is 23.7 Å². The molecule has 0 saturated carbocycles. The minimum Gasteiger partial charge on any atom is -0.490 e. The second-order valence-corrected chi connectivity index (χ2v) is 7.33. The van der Waals surface area contributed by atoms with E-state index in [9.17, 15) is 9.18 Å². The highest BCUT2D eigenvalue weighted by atomic mass is 35.5. The van der Waals surface area contributed by atoms with Gasteiger partial charge >= 0.3 is 5.56 Å². The van der Waals surface area contributed by atoms with Gasteiger partial charge in [0.1, 0.15) is 5.82 Å². The summed E-state index contributed by atoms with van der Waals surface area (Å²) in [6, 6.07) is 10.4. The first-order valence-corrected chi connectivity index (χ1v) is 10.0. The molecule has 1 heterocycles. The summed E-state index contributed by atoms with van der Waals surface area (Å²) in [6.07, 6.45) is 3.58. The van der Waals surface area contributed by atoms with Crippen LogP contribution in [0.25, 0.3) is 0 Å². The van der Waals surface area contributed by atoms with Gasteiger partial charge in [0.15, 0.2) is 0 Å². The highest BCUT2D eigenvalue weighted by molar-refractivity contribution is 7.98. The maximum Gasteiger partial charge on any atom is 0.316 e. The first kappa shape index (κ1) is 20.2. The molecule has 0 aliphatic carbocycles. The van der Waals surface area contributed by atoms with E-state index in [1.165, 1.54) is 13.2 Å². The van der Waals surface area contributed by atoms with Gasteiger partial charge in [0.05, 0.1) is 24.9 Å². The Balaban J connectivity index is 2.03. The number of methoxy groups -OCH3 is 1. The summed E-state index contributed by atoms with van der Waals surface area (Å²) in [5.41, 5.74) is 2.18. The van der Waals surface area contributed by atoms with Gasteiger partial charge in [-0.3, -0.25) is 4.79 Å². The number of benzene rings is 2. The van der Waals surface area contributed by atoms with Crippen molar-refractivity contribution in [3.05, 3.63) is 74.9 Å². The molecule has 0 aliphatic heterocycles. The first-order valence-electron chi connectivity index (χ1n) is 8.43. The van der Waals surface area contributed by atoms with Gasteiger partial charge in [0.25, 0.3) is 0 Å². The van der Waals surface area contributed by atoms with Crippen LogP contribution >= 0.6 is 23.4 Å². The standard InChI is InChI=1S/C20H19ClFN3O2S/c1-12-16(5-4-6-18(12)28-3)23-20-24-19(26)17(27-2)11-25(20)10-13-7-8-15(22)14(21)9-13/h4-9,11H,10H2,1-3H3,(H,23,24,26). The summed E-state index contributed by atoms with van der Waals surface area (Å²) in [7, 11) is 1.41. The second kappa shape index (κ2) is 8.67. The number of ether oxygens (including phenoxy) is 1. The van der Waals surface area contributed by atoms with E-state index in [0.717, 1.165) is 21.7 Å². The van der Waals surface area contributed by atoms with E-state index in [1.807, 2.05) is 31.4 Å². The van der Waals surface area contributed by atoms with Gasteiger partial charge in [-0.25, -0.2) is 4.39 Å². The van der Waals surface area contributed by atoms with Crippen LogP contribution in [0.2, 0.25) is 5.02 Å². The number of thioether (sulfide) groups is 1. The molecule has 1 aromatic heterocycles. The quantitative estimate of drug-likeness (QED) is 0.578. The third-order valence-electron chi connectivity index (χ3n) is 4.27. The number of anilines is 2. The molecule has 5 nitrogen and oxygen atoms in total. The van der Waals surface area contributed by atoms with Gasteiger partial charge in [-0.2, -0.15) is 4.98 Å². The third-order valence-corrected chi connectivity index (χ3v) is 5.44. The largest absolute Gasteiger partial charge is 0.490 e. The SMILES string of the molecule is COc1cn(Cc2ccc(F)c(Cl)c2)c(Nc2cccc(SC)c2C)nc1=O. The van der Waals surface area contributed by atoms with Crippen LogP contribution in [-0.4, -0.2) is 22.9 Å². The lowest BCUT2D eigenvalue weighted by atomic mass is 10.2. The summed E-state index contributed by atoms with van der Waals surface area (Å²) in [5.74, 6) is -0.00942. The fraction of sp³-hybridized carbons (Fsp3) is 0.200. The van der Waals surface area contributed by atoms with Crippen molar-refractivity contribution >= 4 is 35.0 Å². The molecule has 2 aromatic carbocycles. The molecule has 0 bridgehead atoms. The molecule has 146 valence electrons. The molecule has 0 unspecified atom stereocenters. The van der Waals surface area contributed by atoms with Crippen LogP contribution in [0.3, 0.4) is 0 Å². The smallest absolute Gasteiger partial charge is 0.316 e. The molecule has 28 heavy (non-hydrogen) atoms. The van der Waals surface area contributed by atoms with E-state index in [1.54, 1.807) is 34.7 Å². The Bertz CT molecular complexity index is 1070. The monoisotopic (exact) mass is 419 g/mol. The zero-order chi connectivity index (χ0) is 20.3. The van der Waals surface area contributed by atoms with Gasteiger partial charge in [-0.05, 0) is 48.6 Å². The lowest BCUT2D eigenvalue weighted by molar-refractivity contribution is 0.402. The molecular weight excluding hydrogens is 401 g/mol. The predicted molar refractivity (Wildman–Crippen MR) is 112 cm³/mol. The minimum absolute atomic E-state index is 0.0384. The number of hydrogen-bond acceptors (Lipinski definition) is 5. The van der Waals surface area contributed by atoms with E-state index in [-0.39, 0.29) is 10.8 Å². The molecule has 1 N–H and O–H groups in total. The Labute approximate surface area is 171 Å². The Hall–Kier alpha value is -2.51. The van der Waals surface area contributed by atoms with Gasteiger partial charge < -0.3 is 14.6 Å². The fourth-order valence-corrected chi connectivity index (χ4v) is 3.59. The van der Waals surface area contributed by atoms with Gasteiger partial charge in [0, 0.05) is 10.6 Å². The fourth-order valence-electron chi connectivity index (χ4n) is 2.76. The molecule has 3 rings (SSSR count).